The maximum atomic E-state index is 11.6. The van der Waals surface area contributed by atoms with Gasteiger partial charge in [-0.3, -0.25) is 0 Å². The van der Waals surface area contributed by atoms with Crippen molar-refractivity contribution in [2.75, 3.05) is 13.2 Å². The highest BCUT2D eigenvalue weighted by molar-refractivity contribution is 7.80. The van der Waals surface area contributed by atoms with Crippen molar-refractivity contribution in [2.24, 2.45) is 0 Å². The summed E-state index contributed by atoms with van der Waals surface area (Å²) in [4.78, 5) is 12.4. The highest BCUT2D eigenvalue weighted by atomic mass is 32.1. The zero-order valence-corrected chi connectivity index (χ0v) is 9.78. The molecule has 1 saturated heterocycles. The predicted octanol–water partition coefficient (Wildman–Crippen LogP) is 2.31. The lowest BCUT2D eigenvalue weighted by molar-refractivity contribution is 0.0161. The smallest absolute Gasteiger partial charge is 0.338 e. The normalized spacial score (nSPS) is 19.7. The molecule has 4 heteroatoms. The molecule has 0 aliphatic carbocycles. The minimum atomic E-state index is -0.302. The lowest BCUT2D eigenvalue weighted by Crippen LogP contribution is -2.17. The molecule has 1 aliphatic rings. The van der Waals surface area contributed by atoms with Crippen LogP contribution in [0.4, 0.5) is 0 Å². The fourth-order valence-corrected chi connectivity index (χ4v) is 1.77. The van der Waals surface area contributed by atoms with E-state index in [1.807, 2.05) is 0 Å². The van der Waals surface area contributed by atoms with Crippen molar-refractivity contribution in [1.82, 2.24) is 0 Å². The van der Waals surface area contributed by atoms with Gasteiger partial charge in [0, 0.05) is 11.5 Å². The molecule has 1 aliphatic heterocycles. The molecule has 1 atom stereocenters. The monoisotopic (exact) mass is 238 g/mol. The molecular weight excluding hydrogens is 224 g/mol. The zero-order chi connectivity index (χ0) is 11.4. The SMILES string of the molecule is O=C(OCC1CCCO1)c1ccc(S)cc1. The van der Waals surface area contributed by atoms with Gasteiger partial charge in [-0.15, -0.1) is 12.6 Å². The molecule has 16 heavy (non-hydrogen) atoms. The number of ether oxygens (including phenoxy) is 2. The Balaban J connectivity index is 1.85. The number of carbonyl (C=O) groups is 1. The summed E-state index contributed by atoms with van der Waals surface area (Å²) in [6.07, 6.45) is 2.10. The van der Waals surface area contributed by atoms with Crippen molar-refractivity contribution in [2.45, 2.75) is 23.8 Å². The lowest BCUT2D eigenvalue weighted by Gasteiger charge is -2.10. The number of benzene rings is 1. The molecule has 1 heterocycles. The zero-order valence-electron chi connectivity index (χ0n) is 8.89. The molecule has 0 N–H and O–H groups in total. The summed E-state index contributed by atoms with van der Waals surface area (Å²) in [6, 6.07) is 6.96. The van der Waals surface area contributed by atoms with Crippen LogP contribution >= 0.6 is 12.6 Å². The van der Waals surface area contributed by atoms with Crippen LogP contribution in [-0.2, 0) is 9.47 Å². The Kier molecular flexibility index (Phi) is 3.85. The first-order valence-electron chi connectivity index (χ1n) is 5.33. The molecule has 0 spiro atoms. The van der Waals surface area contributed by atoms with Gasteiger partial charge < -0.3 is 9.47 Å². The third kappa shape index (κ3) is 3.00. The van der Waals surface area contributed by atoms with Crippen LogP contribution in [0.1, 0.15) is 23.2 Å². The Morgan fingerprint density at radius 2 is 2.19 bits per heavy atom. The minimum Gasteiger partial charge on any atom is -0.459 e. The second kappa shape index (κ2) is 5.37. The topological polar surface area (TPSA) is 35.5 Å². The summed E-state index contributed by atoms with van der Waals surface area (Å²) < 4.78 is 10.5. The Morgan fingerprint density at radius 1 is 1.44 bits per heavy atom. The van der Waals surface area contributed by atoms with Crippen LogP contribution in [0.3, 0.4) is 0 Å². The molecule has 86 valence electrons. The highest BCUT2D eigenvalue weighted by Gasteiger charge is 2.17. The summed E-state index contributed by atoms with van der Waals surface area (Å²) in [5, 5.41) is 0. The van der Waals surface area contributed by atoms with Crippen LogP contribution in [0, 0.1) is 0 Å². The highest BCUT2D eigenvalue weighted by Crippen LogP contribution is 2.13. The van der Waals surface area contributed by atoms with Crippen molar-refractivity contribution in [3.8, 4) is 0 Å². The van der Waals surface area contributed by atoms with Crippen molar-refractivity contribution < 1.29 is 14.3 Å². The van der Waals surface area contributed by atoms with Crippen molar-refractivity contribution in [3.05, 3.63) is 29.8 Å². The molecule has 0 radical (unpaired) electrons. The van der Waals surface area contributed by atoms with Gasteiger partial charge in [0.25, 0.3) is 0 Å². The molecular formula is C12H14O3S. The van der Waals surface area contributed by atoms with Crippen LogP contribution in [0.15, 0.2) is 29.2 Å². The van der Waals surface area contributed by atoms with Crippen LogP contribution in [0.25, 0.3) is 0 Å². The van der Waals surface area contributed by atoms with Gasteiger partial charge >= 0.3 is 5.97 Å². The molecule has 1 unspecified atom stereocenters. The summed E-state index contributed by atoms with van der Waals surface area (Å²) >= 11 is 4.15. The number of hydrogen-bond acceptors (Lipinski definition) is 4. The van der Waals surface area contributed by atoms with Crippen LogP contribution in [0.2, 0.25) is 0 Å². The molecule has 2 rings (SSSR count). The second-order valence-corrected chi connectivity index (χ2v) is 4.30. The average molecular weight is 238 g/mol. The summed E-state index contributed by atoms with van der Waals surface area (Å²) in [5.41, 5.74) is 0.552. The Morgan fingerprint density at radius 3 is 2.81 bits per heavy atom. The maximum absolute atomic E-state index is 11.6. The predicted molar refractivity (Wildman–Crippen MR) is 63.0 cm³/mol. The van der Waals surface area contributed by atoms with E-state index < -0.39 is 0 Å². The fraction of sp³-hybridized carbons (Fsp3) is 0.417. The number of rotatable bonds is 3. The van der Waals surface area contributed by atoms with E-state index in [-0.39, 0.29) is 12.1 Å². The first-order chi connectivity index (χ1) is 7.75. The van der Waals surface area contributed by atoms with Crippen LogP contribution in [0.5, 0.6) is 0 Å². The van der Waals surface area contributed by atoms with E-state index in [9.17, 15) is 4.79 Å². The first kappa shape index (κ1) is 11.5. The third-order valence-corrected chi connectivity index (χ3v) is 2.83. The van der Waals surface area contributed by atoms with Crippen LogP contribution < -0.4 is 0 Å². The van der Waals surface area contributed by atoms with Gasteiger partial charge in [-0.2, -0.15) is 0 Å². The van der Waals surface area contributed by atoms with E-state index in [2.05, 4.69) is 12.6 Å². The second-order valence-electron chi connectivity index (χ2n) is 3.78. The average Bonchev–Trinajstić information content (AvgIpc) is 2.80. The molecule has 1 aromatic carbocycles. The summed E-state index contributed by atoms with van der Waals surface area (Å²) in [6.45, 7) is 1.12. The largest absolute Gasteiger partial charge is 0.459 e. The van der Waals surface area contributed by atoms with E-state index in [1.54, 1.807) is 24.3 Å². The number of carbonyl (C=O) groups excluding carboxylic acids is 1. The fourth-order valence-electron chi connectivity index (χ4n) is 1.63. The Bertz CT molecular complexity index is 355. The van der Waals surface area contributed by atoms with E-state index >= 15 is 0 Å². The number of esters is 1. The van der Waals surface area contributed by atoms with E-state index in [0.717, 1.165) is 24.3 Å². The van der Waals surface area contributed by atoms with Gasteiger partial charge in [0.1, 0.15) is 6.61 Å². The molecule has 1 fully saturated rings. The Labute approximate surface area is 100 Å². The third-order valence-electron chi connectivity index (χ3n) is 2.53. The standard InChI is InChI=1S/C12H14O3S/c13-12(9-3-5-11(16)6-4-9)15-8-10-2-1-7-14-10/h3-6,10,16H,1-2,7-8H2. The molecule has 0 saturated carbocycles. The lowest BCUT2D eigenvalue weighted by atomic mass is 10.2. The maximum Gasteiger partial charge on any atom is 0.338 e. The van der Waals surface area contributed by atoms with E-state index in [4.69, 9.17) is 9.47 Å². The molecule has 3 nitrogen and oxygen atoms in total. The van der Waals surface area contributed by atoms with Gasteiger partial charge in [0.05, 0.1) is 11.7 Å². The van der Waals surface area contributed by atoms with Gasteiger partial charge in [-0.1, -0.05) is 0 Å². The van der Waals surface area contributed by atoms with Crippen LogP contribution in [-0.4, -0.2) is 25.3 Å². The molecule has 1 aromatic rings. The van der Waals surface area contributed by atoms with E-state index in [1.165, 1.54) is 0 Å². The van der Waals surface area contributed by atoms with Gasteiger partial charge in [-0.25, -0.2) is 4.79 Å². The van der Waals surface area contributed by atoms with Crippen molar-refractivity contribution in [1.29, 1.82) is 0 Å². The number of hydrogen-bond donors (Lipinski definition) is 1. The van der Waals surface area contributed by atoms with Crippen molar-refractivity contribution in [3.63, 3.8) is 0 Å². The van der Waals surface area contributed by atoms with Gasteiger partial charge in [-0.05, 0) is 37.1 Å². The van der Waals surface area contributed by atoms with E-state index in [0.29, 0.717) is 12.2 Å². The molecule has 0 aromatic heterocycles. The first-order valence-corrected chi connectivity index (χ1v) is 5.78. The van der Waals surface area contributed by atoms with Gasteiger partial charge in [0.2, 0.25) is 0 Å². The quantitative estimate of drug-likeness (QED) is 0.648. The van der Waals surface area contributed by atoms with Gasteiger partial charge in [0.15, 0.2) is 0 Å². The molecule has 0 amide bonds. The van der Waals surface area contributed by atoms with Crippen molar-refractivity contribution >= 4 is 18.6 Å². The number of thiol groups is 1. The summed E-state index contributed by atoms with van der Waals surface area (Å²) in [5.74, 6) is -0.302. The minimum absolute atomic E-state index is 0.0769. The Hall–Kier alpha value is -1.00. The summed E-state index contributed by atoms with van der Waals surface area (Å²) in [7, 11) is 0. The molecule has 0 bridgehead atoms.